The SMILES string of the molecule is CC(C)N(C)CCCC(O)C(=O)O. The van der Waals surface area contributed by atoms with Gasteiger partial charge in [-0.05, 0) is 40.3 Å². The average molecular weight is 189 g/mol. The maximum atomic E-state index is 10.2. The van der Waals surface area contributed by atoms with E-state index in [0.29, 0.717) is 18.9 Å². The van der Waals surface area contributed by atoms with Crippen molar-refractivity contribution in [2.75, 3.05) is 13.6 Å². The van der Waals surface area contributed by atoms with Crippen molar-refractivity contribution < 1.29 is 15.0 Å². The third-order valence-electron chi connectivity index (χ3n) is 2.15. The Morgan fingerprint density at radius 3 is 2.38 bits per heavy atom. The molecule has 0 amide bonds. The highest BCUT2D eigenvalue weighted by molar-refractivity contribution is 5.71. The summed E-state index contributed by atoms with van der Waals surface area (Å²) in [6.45, 7) is 4.98. The number of carboxylic acid groups (broad SMARTS) is 1. The van der Waals surface area contributed by atoms with Crippen LogP contribution in [0.4, 0.5) is 0 Å². The lowest BCUT2D eigenvalue weighted by molar-refractivity contribution is -0.147. The number of rotatable bonds is 6. The van der Waals surface area contributed by atoms with Crippen molar-refractivity contribution in [3.05, 3.63) is 0 Å². The fourth-order valence-electron chi connectivity index (χ4n) is 0.916. The van der Waals surface area contributed by atoms with Crippen LogP contribution >= 0.6 is 0 Å². The number of aliphatic hydroxyl groups is 1. The van der Waals surface area contributed by atoms with Crippen LogP contribution in [0.25, 0.3) is 0 Å². The standard InChI is InChI=1S/C9H19NO3/c1-7(2)10(3)6-4-5-8(11)9(12)13/h7-8,11H,4-6H2,1-3H3,(H,12,13). The summed E-state index contributed by atoms with van der Waals surface area (Å²) in [4.78, 5) is 12.4. The van der Waals surface area contributed by atoms with Crippen LogP contribution in [-0.2, 0) is 4.79 Å². The molecule has 78 valence electrons. The first-order valence-corrected chi connectivity index (χ1v) is 4.56. The van der Waals surface area contributed by atoms with Gasteiger partial charge in [0.2, 0.25) is 0 Å². The molecule has 1 atom stereocenters. The minimum atomic E-state index is -1.21. The lowest BCUT2D eigenvalue weighted by Gasteiger charge is -2.20. The van der Waals surface area contributed by atoms with Gasteiger partial charge in [0.05, 0.1) is 0 Å². The van der Waals surface area contributed by atoms with Crippen LogP contribution in [0.15, 0.2) is 0 Å². The zero-order valence-corrected chi connectivity index (χ0v) is 8.53. The second-order valence-corrected chi connectivity index (χ2v) is 3.57. The van der Waals surface area contributed by atoms with Gasteiger partial charge in [-0.2, -0.15) is 0 Å². The third-order valence-corrected chi connectivity index (χ3v) is 2.15. The van der Waals surface area contributed by atoms with E-state index in [4.69, 9.17) is 10.2 Å². The molecule has 0 aromatic heterocycles. The molecule has 0 aliphatic carbocycles. The first kappa shape index (κ1) is 12.4. The topological polar surface area (TPSA) is 60.8 Å². The molecule has 4 heteroatoms. The van der Waals surface area contributed by atoms with E-state index in [1.54, 1.807) is 0 Å². The summed E-state index contributed by atoms with van der Waals surface area (Å²) in [5.41, 5.74) is 0. The Morgan fingerprint density at radius 2 is 2.00 bits per heavy atom. The highest BCUT2D eigenvalue weighted by atomic mass is 16.4. The van der Waals surface area contributed by atoms with E-state index in [9.17, 15) is 4.79 Å². The van der Waals surface area contributed by atoms with Crippen LogP contribution < -0.4 is 0 Å². The Balaban J connectivity index is 3.50. The molecule has 0 radical (unpaired) electrons. The van der Waals surface area contributed by atoms with Gasteiger partial charge in [-0.25, -0.2) is 4.79 Å². The van der Waals surface area contributed by atoms with Gasteiger partial charge in [-0.15, -0.1) is 0 Å². The van der Waals surface area contributed by atoms with Gasteiger partial charge >= 0.3 is 5.97 Å². The van der Waals surface area contributed by atoms with E-state index in [1.165, 1.54) is 0 Å². The van der Waals surface area contributed by atoms with Crippen LogP contribution in [0.5, 0.6) is 0 Å². The van der Waals surface area contributed by atoms with Crippen molar-refractivity contribution in [2.45, 2.75) is 38.8 Å². The largest absolute Gasteiger partial charge is 0.479 e. The van der Waals surface area contributed by atoms with Crippen molar-refractivity contribution in [3.63, 3.8) is 0 Å². The van der Waals surface area contributed by atoms with Crippen molar-refractivity contribution in [2.24, 2.45) is 0 Å². The normalized spacial score (nSPS) is 13.7. The molecule has 0 heterocycles. The molecular formula is C9H19NO3. The first-order chi connectivity index (χ1) is 5.95. The summed E-state index contributed by atoms with van der Waals surface area (Å²) < 4.78 is 0. The zero-order valence-electron chi connectivity index (χ0n) is 8.53. The number of hydrogen-bond acceptors (Lipinski definition) is 3. The summed E-state index contributed by atoms with van der Waals surface area (Å²) in [6, 6.07) is 0.460. The number of carboxylic acids is 1. The van der Waals surface area contributed by atoms with Crippen molar-refractivity contribution in [3.8, 4) is 0 Å². The molecule has 0 saturated carbocycles. The Morgan fingerprint density at radius 1 is 1.46 bits per heavy atom. The summed E-state index contributed by atoms with van der Waals surface area (Å²) in [7, 11) is 1.98. The molecule has 4 nitrogen and oxygen atoms in total. The number of aliphatic carboxylic acids is 1. The average Bonchev–Trinajstić information content (AvgIpc) is 2.03. The molecule has 0 aliphatic rings. The molecule has 0 aromatic carbocycles. The van der Waals surface area contributed by atoms with E-state index in [-0.39, 0.29) is 0 Å². The fourth-order valence-corrected chi connectivity index (χ4v) is 0.916. The molecule has 0 fully saturated rings. The Kier molecular flexibility index (Phi) is 5.66. The lowest BCUT2D eigenvalue weighted by atomic mass is 10.2. The minimum absolute atomic E-state index is 0.326. The molecule has 13 heavy (non-hydrogen) atoms. The van der Waals surface area contributed by atoms with Crippen molar-refractivity contribution >= 4 is 5.97 Å². The molecule has 0 rings (SSSR count). The van der Waals surface area contributed by atoms with Crippen molar-refractivity contribution in [1.29, 1.82) is 0 Å². The Labute approximate surface area is 79.2 Å². The van der Waals surface area contributed by atoms with Gasteiger partial charge in [0, 0.05) is 6.04 Å². The molecule has 0 bridgehead atoms. The van der Waals surface area contributed by atoms with Crippen LogP contribution in [0.2, 0.25) is 0 Å². The van der Waals surface area contributed by atoms with E-state index in [0.717, 1.165) is 6.54 Å². The molecule has 0 aliphatic heterocycles. The summed E-state index contributed by atoms with van der Waals surface area (Å²) >= 11 is 0. The van der Waals surface area contributed by atoms with Gasteiger partial charge in [0.25, 0.3) is 0 Å². The van der Waals surface area contributed by atoms with Gasteiger partial charge < -0.3 is 15.1 Å². The maximum Gasteiger partial charge on any atom is 0.332 e. The number of carbonyl (C=O) groups is 1. The van der Waals surface area contributed by atoms with Gasteiger partial charge in [-0.1, -0.05) is 0 Å². The summed E-state index contributed by atoms with van der Waals surface area (Å²) in [5.74, 6) is -1.13. The molecule has 0 aromatic rings. The lowest BCUT2D eigenvalue weighted by Crippen LogP contribution is -2.28. The number of nitrogens with zero attached hydrogens (tertiary/aromatic N) is 1. The Hall–Kier alpha value is -0.610. The van der Waals surface area contributed by atoms with E-state index >= 15 is 0 Å². The predicted molar refractivity (Wildman–Crippen MR) is 50.6 cm³/mol. The van der Waals surface area contributed by atoms with Gasteiger partial charge in [-0.3, -0.25) is 0 Å². The van der Waals surface area contributed by atoms with Gasteiger partial charge in [0.15, 0.2) is 6.10 Å². The molecular weight excluding hydrogens is 170 g/mol. The first-order valence-electron chi connectivity index (χ1n) is 4.56. The smallest absolute Gasteiger partial charge is 0.332 e. The molecule has 1 unspecified atom stereocenters. The van der Waals surface area contributed by atoms with E-state index in [2.05, 4.69) is 18.7 Å². The highest BCUT2D eigenvalue weighted by Gasteiger charge is 2.12. The van der Waals surface area contributed by atoms with Crippen LogP contribution in [0.3, 0.4) is 0 Å². The second kappa shape index (κ2) is 5.94. The van der Waals surface area contributed by atoms with Crippen LogP contribution in [0.1, 0.15) is 26.7 Å². The fraction of sp³-hybridized carbons (Fsp3) is 0.889. The minimum Gasteiger partial charge on any atom is -0.479 e. The van der Waals surface area contributed by atoms with Crippen LogP contribution in [-0.4, -0.2) is 46.8 Å². The molecule has 0 spiro atoms. The summed E-state index contributed by atoms with van der Waals surface area (Å²) in [5, 5.41) is 17.4. The molecule has 2 N–H and O–H groups in total. The highest BCUT2D eigenvalue weighted by Crippen LogP contribution is 2.01. The predicted octanol–water partition coefficient (Wildman–Crippen LogP) is 0.552. The molecule has 0 saturated heterocycles. The Bertz CT molecular complexity index is 159. The van der Waals surface area contributed by atoms with Gasteiger partial charge in [0.1, 0.15) is 0 Å². The van der Waals surface area contributed by atoms with Crippen molar-refractivity contribution in [1.82, 2.24) is 4.90 Å². The zero-order chi connectivity index (χ0) is 10.4. The number of hydrogen-bond donors (Lipinski definition) is 2. The van der Waals surface area contributed by atoms with Crippen LogP contribution in [0, 0.1) is 0 Å². The quantitative estimate of drug-likeness (QED) is 0.640. The maximum absolute atomic E-state index is 10.2. The second-order valence-electron chi connectivity index (χ2n) is 3.57. The summed E-state index contributed by atoms with van der Waals surface area (Å²) in [6.07, 6.45) is -0.172. The monoisotopic (exact) mass is 189 g/mol. The number of aliphatic hydroxyl groups excluding tert-OH is 1. The third kappa shape index (κ3) is 5.60. The van der Waals surface area contributed by atoms with E-state index < -0.39 is 12.1 Å². The van der Waals surface area contributed by atoms with E-state index in [1.807, 2.05) is 7.05 Å².